The van der Waals surface area contributed by atoms with Crippen LogP contribution in [0.25, 0.3) is 6.08 Å². The van der Waals surface area contributed by atoms with E-state index in [1.54, 1.807) is 0 Å². The molecule has 0 aromatic carbocycles. The number of carbonyl (C=O) groups excluding carboxylic acids is 1. The van der Waals surface area contributed by atoms with Crippen molar-refractivity contribution in [3.63, 3.8) is 0 Å². The predicted octanol–water partition coefficient (Wildman–Crippen LogP) is 2.46. The van der Waals surface area contributed by atoms with Crippen molar-refractivity contribution in [2.45, 2.75) is 33.6 Å². The van der Waals surface area contributed by atoms with E-state index in [9.17, 15) is 4.79 Å². The average Bonchev–Trinajstić information content (AvgIpc) is 2.85. The van der Waals surface area contributed by atoms with Crippen LogP contribution < -0.4 is 16.4 Å². The summed E-state index contributed by atoms with van der Waals surface area (Å²) in [5.41, 5.74) is 6.68. The quantitative estimate of drug-likeness (QED) is 0.389. The Hall–Kier alpha value is -1.89. The lowest BCUT2D eigenvalue weighted by atomic mass is 10.1. The number of nitrogens with zero attached hydrogens (tertiary/aromatic N) is 2. The molecule has 22 heavy (non-hydrogen) atoms. The number of anilines is 1. The lowest BCUT2D eigenvalue weighted by molar-refractivity contribution is -0.118. The van der Waals surface area contributed by atoms with Gasteiger partial charge in [0.25, 0.3) is 0 Å². The molecule has 4 N–H and O–H groups in total. The molecular weight excluding hydrogens is 298 g/mol. The number of aromatic nitrogens is 1. The summed E-state index contributed by atoms with van der Waals surface area (Å²) in [6.45, 7) is 7.18. The fourth-order valence-corrected chi connectivity index (χ4v) is 2.23. The maximum absolute atomic E-state index is 10.7. The van der Waals surface area contributed by atoms with E-state index in [-0.39, 0.29) is 5.91 Å². The van der Waals surface area contributed by atoms with Gasteiger partial charge < -0.3 is 16.4 Å². The van der Waals surface area contributed by atoms with E-state index in [0.717, 1.165) is 30.2 Å². The minimum atomic E-state index is -0.0132. The molecule has 1 aromatic heterocycles. The molecule has 7 heteroatoms. The molecule has 1 heterocycles. The molecule has 0 saturated carbocycles. The Kier molecular flexibility index (Phi) is 8.21. The van der Waals surface area contributed by atoms with Crippen LogP contribution in [-0.2, 0) is 4.79 Å². The van der Waals surface area contributed by atoms with Crippen molar-refractivity contribution in [3.05, 3.63) is 17.2 Å². The molecule has 1 rings (SSSR count). The summed E-state index contributed by atoms with van der Waals surface area (Å²) in [7, 11) is 0. The Bertz CT molecular complexity index is 522. The van der Waals surface area contributed by atoms with Gasteiger partial charge in [0.15, 0.2) is 11.1 Å². The first-order valence-electron chi connectivity index (χ1n) is 7.41. The number of aliphatic imine (C=N–C) groups is 1. The van der Waals surface area contributed by atoms with Crippen molar-refractivity contribution in [3.8, 4) is 0 Å². The third-order valence-electron chi connectivity index (χ3n) is 2.72. The second-order valence-electron chi connectivity index (χ2n) is 5.33. The van der Waals surface area contributed by atoms with Crippen molar-refractivity contribution in [1.82, 2.24) is 10.3 Å². The smallest absolute Gasteiger partial charge is 0.216 e. The Morgan fingerprint density at radius 3 is 3.00 bits per heavy atom. The second-order valence-corrected chi connectivity index (χ2v) is 6.18. The average molecular weight is 323 g/mol. The van der Waals surface area contributed by atoms with Crippen LogP contribution in [0.5, 0.6) is 0 Å². The van der Waals surface area contributed by atoms with Crippen LogP contribution in [0.1, 0.15) is 39.3 Å². The molecule has 1 amide bonds. The van der Waals surface area contributed by atoms with Crippen molar-refractivity contribution in [2.75, 3.05) is 18.4 Å². The molecule has 0 aliphatic rings. The van der Waals surface area contributed by atoms with Gasteiger partial charge in [0.05, 0.1) is 5.69 Å². The van der Waals surface area contributed by atoms with Crippen molar-refractivity contribution < 1.29 is 4.79 Å². The van der Waals surface area contributed by atoms with Crippen LogP contribution in [0.3, 0.4) is 0 Å². The maximum atomic E-state index is 10.7. The molecule has 0 unspecified atom stereocenters. The molecule has 0 spiro atoms. The Morgan fingerprint density at radius 1 is 1.55 bits per heavy atom. The van der Waals surface area contributed by atoms with E-state index in [0.29, 0.717) is 18.4 Å². The standard InChI is InChI=1S/C15H25N5OS/c1-11(2)7-9-18-14(16)20-15-19-13(10-22-15)6-4-5-8-17-12(3)21/h4,6,10-11H,5,7-9H2,1-3H3,(H,17,21)(H3,16,18,19,20). The van der Waals surface area contributed by atoms with Crippen molar-refractivity contribution in [2.24, 2.45) is 16.6 Å². The Balaban J connectivity index is 2.37. The largest absolute Gasteiger partial charge is 0.370 e. The van der Waals surface area contributed by atoms with Crippen molar-refractivity contribution >= 4 is 34.4 Å². The van der Waals surface area contributed by atoms with Crippen molar-refractivity contribution in [1.29, 1.82) is 0 Å². The lowest BCUT2D eigenvalue weighted by Crippen LogP contribution is -2.22. The predicted molar refractivity (Wildman–Crippen MR) is 94.0 cm³/mol. The molecule has 0 aliphatic heterocycles. The number of thiazole rings is 1. The zero-order valence-corrected chi connectivity index (χ0v) is 14.2. The summed E-state index contributed by atoms with van der Waals surface area (Å²) in [5.74, 6) is 1.00. The van der Waals surface area contributed by atoms with E-state index in [1.807, 2.05) is 17.5 Å². The third kappa shape index (κ3) is 8.41. The minimum Gasteiger partial charge on any atom is -0.370 e. The first kappa shape index (κ1) is 18.2. The number of amides is 1. The van der Waals surface area contributed by atoms with E-state index in [1.165, 1.54) is 18.3 Å². The molecule has 0 radical (unpaired) electrons. The molecule has 0 fully saturated rings. The normalized spacial score (nSPS) is 12.1. The number of hydrogen-bond donors (Lipinski definition) is 3. The molecule has 6 nitrogen and oxygen atoms in total. The highest BCUT2D eigenvalue weighted by Gasteiger charge is 2.01. The van der Waals surface area contributed by atoms with Crippen LogP contribution in [0.15, 0.2) is 16.4 Å². The zero-order chi connectivity index (χ0) is 16.4. The van der Waals surface area contributed by atoms with Gasteiger partial charge in [-0.2, -0.15) is 0 Å². The summed E-state index contributed by atoms with van der Waals surface area (Å²) in [6.07, 6.45) is 5.70. The van der Waals surface area contributed by atoms with Gasteiger partial charge >= 0.3 is 0 Å². The van der Waals surface area contributed by atoms with E-state index in [4.69, 9.17) is 5.73 Å². The Labute approximate surface area is 135 Å². The number of hydrogen-bond acceptors (Lipinski definition) is 4. The van der Waals surface area contributed by atoms with Gasteiger partial charge in [0.2, 0.25) is 5.91 Å². The van der Waals surface area contributed by atoms with Crippen LogP contribution in [0.4, 0.5) is 5.13 Å². The highest BCUT2D eigenvalue weighted by Crippen LogP contribution is 2.16. The number of guanidine groups is 1. The maximum Gasteiger partial charge on any atom is 0.216 e. The Morgan fingerprint density at radius 2 is 2.32 bits per heavy atom. The number of carbonyl (C=O) groups is 1. The van der Waals surface area contributed by atoms with E-state index < -0.39 is 0 Å². The first-order chi connectivity index (χ1) is 10.5. The zero-order valence-electron chi connectivity index (χ0n) is 13.4. The van der Waals surface area contributed by atoms with Gasteiger partial charge in [-0.05, 0) is 24.8 Å². The summed E-state index contributed by atoms with van der Waals surface area (Å²) in [4.78, 5) is 19.4. The highest BCUT2D eigenvalue weighted by atomic mass is 32.1. The summed E-state index contributed by atoms with van der Waals surface area (Å²) >= 11 is 1.48. The van der Waals surface area contributed by atoms with Crippen LogP contribution in [0, 0.1) is 5.92 Å². The molecule has 0 saturated heterocycles. The molecule has 0 atom stereocenters. The third-order valence-corrected chi connectivity index (χ3v) is 3.50. The molecule has 122 valence electrons. The van der Waals surface area contributed by atoms with Gasteiger partial charge in [0.1, 0.15) is 0 Å². The lowest BCUT2D eigenvalue weighted by Gasteiger charge is -2.03. The van der Waals surface area contributed by atoms with Gasteiger partial charge in [-0.25, -0.2) is 4.98 Å². The van der Waals surface area contributed by atoms with E-state index >= 15 is 0 Å². The second kappa shape index (κ2) is 9.94. The molecule has 0 bridgehead atoms. The fourth-order valence-electron chi connectivity index (χ4n) is 1.55. The summed E-state index contributed by atoms with van der Waals surface area (Å²) < 4.78 is 0. The van der Waals surface area contributed by atoms with Crippen LogP contribution >= 0.6 is 11.3 Å². The van der Waals surface area contributed by atoms with Gasteiger partial charge in [-0.15, -0.1) is 11.3 Å². The number of rotatable bonds is 8. The topological polar surface area (TPSA) is 92.4 Å². The first-order valence-corrected chi connectivity index (χ1v) is 8.28. The monoisotopic (exact) mass is 323 g/mol. The molecular formula is C15H25N5OS. The minimum absolute atomic E-state index is 0.0132. The number of nitrogens with one attached hydrogen (secondary N) is 2. The number of nitrogens with two attached hydrogens (primary N) is 1. The molecule has 1 aromatic rings. The molecule has 0 aliphatic carbocycles. The highest BCUT2D eigenvalue weighted by molar-refractivity contribution is 7.14. The van der Waals surface area contributed by atoms with Gasteiger partial charge in [-0.3, -0.25) is 9.79 Å². The van der Waals surface area contributed by atoms with Gasteiger partial charge in [-0.1, -0.05) is 19.9 Å². The summed E-state index contributed by atoms with van der Waals surface area (Å²) in [5, 5.41) is 8.41. The fraction of sp³-hybridized carbons (Fsp3) is 0.533. The summed E-state index contributed by atoms with van der Waals surface area (Å²) in [6, 6.07) is 0. The van der Waals surface area contributed by atoms with Crippen LogP contribution in [0.2, 0.25) is 0 Å². The van der Waals surface area contributed by atoms with Gasteiger partial charge in [0, 0.05) is 25.4 Å². The van der Waals surface area contributed by atoms with E-state index in [2.05, 4.69) is 34.5 Å². The SMILES string of the molecule is CC(=O)NCCC=Cc1csc(NC(N)=NCCC(C)C)n1. The van der Waals surface area contributed by atoms with Crippen LogP contribution in [-0.4, -0.2) is 29.9 Å².